The Morgan fingerprint density at radius 3 is 2.56 bits per heavy atom. The predicted octanol–water partition coefficient (Wildman–Crippen LogP) is 5.21. The van der Waals surface area contributed by atoms with Crippen molar-refractivity contribution in [1.82, 2.24) is 4.98 Å². The molecule has 3 aromatic rings. The summed E-state index contributed by atoms with van der Waals surface area (Å²) >= 11 is 6.23. The molecule has 3 rings (SSSR count). The fraction of sp³-hybridized carbons (Fsp3) is 0.167. The van der Waals surface area contributed by atoms with Gasteiger partial charge in [0, 0.05) is 6.20 Å². The standard InChI is InChI=1S/C24H21ClN4O3/c1-15(28-23-22(20(25)12-14-27-23)29-21(30)11-13-26)16-7-9-17(10-8-16)18-5-3-4-6-19(18)24(31)32-2/h3-10,12,14-15H,11H2,1-2H3,(H,27,28)(H,29,30)/t15-/m1/s1. The van der Waals surface area contributed by atoms with Gasteiger partial charge >= 0.3 is 5.97 Å². The minimum atomic E-state index is -0.466. The Bertz CT molecular complexity index is 1170. The quantitative estimate of drug-likeness (QED) is 0.480. The maximum Gasteiger partial charge on any atom is 0.338 e. The SMILES string of the molecule is COC(=O)c1ccccc1-c1ccc([C@@H](C)Nc2nccc(Cl)c2NC(=O)CC#N)cc1. The number of nitriles is 1. The molecule has 1 atom stereocenters. The molecule has 2 aromatic carbocycles. The average Bonchev–Trinajstić information content (AvgIpc) is 2.81. The molecule has 0 bridgehead atoms. The molecule has 0 unspecified atom stereocenters. The number of aromatic nitrogens is 1. The Morgan fingerprint density at radius 1 is 1.16 bits per heavy atom. The molecule has 8 heteroatoms. The average molecular weight is 449 g/mol. The minimum Gasteiger partial charge on any atom is -0.465 e. The van der Waals surface area contributed by atoms with Gasteiger partial charge in [-0.3, -0.25) is 4.79 Å². The molecule has 1 aromatic heterocycles. The van der Waals surface area contributed by atoms with Crippen LogP contribution >= 0.6 is 11.6 Å². The summed E-state index contributed by atoms with van der Waals surface area (Å²) in [4.78, 5) is 28.2. The lowest BCUT2D eigenvalue weighted by atomic mass is 9.97. The van der Waals surface area contributed by atoms with Crippen molar-refractivity contribution in [2.45, 2.75) is 19.4 Å². The number of halogens is 1. The first-order chi connectivity index (χ1) is 15.4. The monoisotopic (exact) mass is 448 g/mol. The molecule has 0 spiro atoms. The zero-order valence-corrected chi connectivity index (χ0v) is 18.3. The third kappa shape index (κ3) is 5.23. The summed E-state index contributed by atoms with van der Waals surface area (Å²) in [6.45, 7) is 1.95. The fourth-order valence-corrected chi connectivity index (χ4v) is 3.38. The number of benzene rings is 2. The number of carbonyl (C=O) groups is 2. The summed E-state index contributed by atoms with van der Waals surface area (Å²) in [5.41, 5.74) is 3.44. The highest BCUT2D eigenvalue weighted by atomic mass is 35.5. The van der Waals surface area contributed by atoms with Crippen LogP contribution in [-0.4, -0.2) is 24.0 Å². The minimum absolute atomic E-state index is 0.169. The van der Waals surface area contributed by atoms with Crippen LogP contribution in [-0.2, 0) is 9.53 Å². The van der Waals surface area contributed by atoms with Crippen LogP contribution in [0.25, 0.3) is 11.1 Å². The second-order valence-electron chi connectivity index (χ2n) is 6.92. The molecule has 1 amide bonds. The molecule has 0 aliphatic heterocycles. The van der Waals surface area contributed by atoms with Gasteiger partial charge in [-0.1, -0.05) is 54.1 Å². The van der Waals surface area contributed by atoms with Crippen molar-refractivity contribution in [1.29, 1.82) is 5.26 Å². The molecule has 0 aliphatic rings. The summed E-state index contributed by atoms with van der Waals surface area (Å²) in [6, 6.07) is 18.2. The summed E-state index contributed by atoms with van der Waals surface area (Å²) < 4.78 is 4.88. The maximum absolute atomic E-state index is 12.1. The van der Waals surface area contributed by atoms with Gasteiger partial charge < -0.3 is 15.4 Å². The van der Waals surface area contributed by atoms with E-state index in [1.165, 1.54) is 13.3 Å². The number of hydrogen-bond acceptors (Lipinski definition) is 6. The first-order valence-corrected chi connectivity index (χ1v) is 10.2. The van der Waals surface area contributed by atoms with E-state index >= 15 is 0 Å². The Morgan fingerprint density at radius 2 is 1.88 bits per heavy atom. The topological polar surface area (TPSA) is 104 Å². The molecule has 0 radical (unpaired) electrons. The van der Waals surface area contributed by atoms with Crippen LogP contribution in [0.4, 0.5) is 11.5 Å². The van der Waals surface area contributed by atoms with Crippen LogP contribution < -0.4 is 10.6 Å². The summed E-state index contributed by atoms with van der Waals surface area (Å²) in [5.74, 6) is -0.458. The van der Waals surface area contributed by atoms with Crippen LogP contribution in [0.2, 0.25) is 5.02 Å². The Kier molecular flexibility index (Phi) is 7.42. The Hall–Kier alpha value is -3.89. The Balaban J connectivity index is 1.82. The van der Waals surface area contributed by atoms with E-state index < -0.39 is 11.9 Å². The highest BCUT2D eigenvalue weighted by Gasteiger charge is 2.16. The second-order valence-corrected chi connectivity index (χ2v) is 7.33. The van der Waals surface area contributed by atoms with Gasteiger partial charge in [-0.05, 0) is 35.7 Å². The number of amides is 1. The largest absolute Gasteiger partial charge is 0.465 e. The van der Waals surface area contributed by atoms with E-state index in [1.54, 1.807) is 24.3 Å². The van der Waals surface area contributed by atoms with Gasteiger partial charge in [-0.2, -0.15) is 5.26 Å². The molecular weight excluding hydrogens is 428 g/mol. The first-order valence-electron chi connectivity index (χ1n) is 9.80. The molecule has 2 N–H and O–H groups in total. The van der Waals surface area contributed by atoms with Crippen molar-refractivity contribution < 1.29 is 14.3 Å². The molecule has 0 saturated heterocycles. The van der Waals surface area contributed by atoms with Crippen molar-refractivity contribution in [3.63, 3.8) is 0 Å². The number of nitrogens with zero attached hydrogens (tertiary/aromatic N) is 2. The first kappa shape index (κ1) is 22.8. The molecule has 32 heavy (non-hydrogen) atoms. The van der Waals surface area contributed by atoms with Crippen LogP contribution in [0, 0.1) is 11.3 Å². The van der Waals surface area contributed by atoms with Crippen molar-refractivity contribution >= 4 is 35.0 Å². The van der Waals surface area contributed by atoms with Crippen LogP contribution in [0.5, 0.6) is 0 Å². The van der Waals surface area contributed by atoms with Crippen LogP contribution in [0.1, 0.15) is 35.3 Å². The van der Waals surface area contributed by atoms with E-state index in [2.05, 4.69) is 15.6 Å². The van der Waals surface area contributed by atoms with Gasteiger partial charge in [0.1, 0.15) is 12.1 Å². The van der Waals surface area contributed by atoms with E-state index in [-0.39, 0.29) is 12.5 Å². The lowest BCUT2D eigenvalue weighted by molar-refractivity contribution is -0.115. The second kappa shape index (κ2) is 10.4. The van der Waals surface area contributed by atoms with Gasteiger partial charge in [-0.15, -0.1) is 0 Å². The number of pyridine rings is 1. The molecule has 162 valence electrons. The summed E-state index contributed by atoms with van der Waals surface area (Å²) in [6.07, 6.45) is 1.25. The van der Waals surface area contributed by atoms with Crippen LogP contribution in [0.3, 0.4) is 0 Å². The van der Waals surface area contributed by atoms with E-state index in [4.69, 9.17) is 21.6 Å². The number of rotatable bonds is 7. The number of esters is 1. The molecule has 7 nitrogen and oxygen atoms in total. The van der Waals surface area contributed by atoms with E-state index in [0.29, 0.717) is 22.1 Å². The third-order valence-electron chi connectivity index (χ3n) is 4.81. The highest BCUT2D eigenvalue weighted by molar-refractivity contribution is 6.34. The molecular formula is C24H21ClN4O3. The number of methoxy groups -OCH3 is 1. The van der Waals surface area contributed by atoms with E-state index in [1.807, 2.05) is 43.3 Å². The Labute approximate surface area is 191 Å². The van der Waals surface area contributed by atoms with Gasteiger partial charge in [0.05, 0.1) is 29.8 Å². The van der Waals surface area contributed by atoms with Gasteiger partial charge in [0.15, 0.2) is 5.82 Å². The van der Waals surface area contributed by atoms with E-state index in [9.17, 15) is 9.59 Å². The van der Waals surface area contributed by atoms with Crippen molar-refractivity contribution in [2.75, 3.05) is 17.7 Å². The van der Waals surface area contributed by atoms with E-state index in [0.717, 1.165) is 16.7 Å². The van der Waals surface area contributed by atoms with Crippen LogP contribution in [0.15, 0.2) is 60.8 Å². The number of hydrogen-bond donors (Lipinski definition) is 2. The maximum atomic E-state index is 12.1. The van der Waals surface area contributed by atoms with Gasteiger partial charge in [0.25, 0.3) is 0 Å². The highest BCUT2D eigenvalue weighted by Crippen LogP contribution is 2.32. The smallest absolute Gasteiger partial charge is 0.338 e. The van der Waals surface area contributed by atoms with Gasteiger partial charge in [0.2, 0.25) is 5.91 Å². The zero-order chi connectivity index (χ0) is 23.1. The lowest BCUT2D eigenvalue weighted by Gasteiger charge is -2.19. The lowest BCUT2D eigenvalue weighted by Crippen LogP contribution is -2.15. The molecule has 0 saturated carbocycles. The summed E-state index contributed by atoms with van der Waals surface area (Å²) in [7, 11) is 1.36. The predicted molar refractivity (Wildman–Crippen MR) is 123 cm³/mol. The molecule has 0 aliphatic carbocycles. The number of carbonyl (C=O) groups excluding carboxylic acids is 2. The molecule has 1 heterocycles. The van der Waals surface area contributed by atoms with Crippen molar-refractivity contribution in [3.05, 3.63) is 76.9 Å². The fourth-order valence-electron chi connectivity index (χ4n) is 3.18. The normalized spacial score (nSPS) is 11.2. The third-order valence-corrected chi connectivity index (χ3v) is 5.13. The number of anilines is 2. The van der Waals surface area contributed by atoms with Crippen molar-refractivity contribution in [3.8, 4) is 17.2 Å². The number of ether oxygens (including phenoxy) is 1. The zero-order valence-electron chi connectivity index (χ0n) is 17.6. The summed E-state index contributed by atoms with van der Waals surface area (Å²) in [5, 5.41) is 14.9. The molecule has 0 fully saturated rings. The van der Waals surface area contributed by atoms with Gasteiger partial charge in [-0.25, -0.2) is 9.78 Å². The number of nitrogens with one attached hydrogen (secondary N) is 2. The van der Waals surface area contributed by atoms with Crippen molar-refractivity contribution in [2.24, 2.45) is 0 Å².